The van der Waals surface area contributed by atoms with Crippen LogP contribution in [0.1, 0.15) is 71.1 Å². The van der Waals surface area contributed by atoms with Crippen LogP contribution in [-0.4, -0.2) is 48.9 Å². The Morgan fingerprint density at radius 1 is 0.900 bits per heavy atom. The van der Waals surface area contributed by atoms with Gasteiger partial charge in [0.05, 0.1) is 6.67 Å². The quantitative estimate of drug-likeness (QED) is 0.293. The summed E-state index contributed by atoms with van der Waals surface area (Å²) in [5.41, 5.74) is 0.662. The van der Waals surface area contributed by atoms with E-state index in [1.807, 2.05) is 6.07 Å². The summed E-state index contributed by atoms with van der Waals surface area (Å²) in [6.07, 6.45) is 18.6. The van der Waals surface area contributed by atoms with Crippen LogP contribution in [0.25, 0.3) is 0 Å². The number of nitrogens with zero attached hydrogens (tertiary/aromatic N) is 2. The van der Waals surface area contributed by atoms with Crippen LogP contribution in [0, 0.1) is 0 Å². The minimum absolute atomic E-state index is 0.461. The predicted molar refractivity (Wildman–Crippen MR) is 127 cm³/mol. The molecule has 1 aromatic carbocycles. The first kappa shape index (κ1) is 26.3. The van der Waals surface area contributed by atoms with Gasteiger partial charge in [0.25, 0.3) is 10.1 Å². The Balaban J connectivity index is 0.000000325. The average molecular weight is 440 g/mol. The summed E-state index contributed by atoms with van der Waals surface area (Å²) in [6.45, 7) is 4.60. The molecule has 0 aliphatic carbocycles. The summed E-state index contributed by atoms with van der Waals surface area (Å²) in [7, 11) is -1.80. The third kappa shape index (κ3) is 15.2. The number of nitrogens with one attached hydrogen (secondary N) is 1. The van der Waals surface area contributed by atoms with Gasteiger partial charge in [0.15, 0.2) is 0 Å². The molecule has 1 aliphatic heterocycles. The van der Waals surface area contributed by atoms with Crippen LogP contribution in [0.2, 0.25) is 0 Å². The number of hydrogen-bond acceptors (Lipinski definition) is 5. The van der Waals surface area contributed by atoms with Gasteiger partial charge >= 0.3 is 0 Å². The van der Waals surface area contributed by atoms with E-state index in [-0.39, 0.29) is 0 Å². The second-order valence-electron chi connectivity index (χ2n) is 7.96. The lowest BCUT2D eigenvalue weighted by Gasteiger charge is -2.17. The van der Waals surface area contributed by atoms with E-state index in [4.69, 9.17) is 4.55 Å². The predicted octanol–water partition coefficient (Wildman–Crippen LogP) is 5.53. The number of para-hydroxylation sites is 1. The standard InChI is InChI=1S/C16H32N2.C7H9NO3S/c1-3-4-5-6-7-8-9-10-11-12-13-18-15-14-17(2)16-18;9-12(10,11)6-8-7-4-2-1-3-5-7/h14-15H,3-13,16H2,1-2H3;1-5,8H,6H2,(H,9,10,11). The van der Waals surface area contributed by atoms with Crippen molar-refractivity contribution >= 4 is 15.8 Å². The monoisotopic (exact) mass is 439 g/mol. The van der Waals surface area contributed by atoms with Crippen LogP contribution >= 0.6 is 0 Å². The maximum Gasteiger partial charge on any atom is 0.283 e. The molecule has 30 heavy (non-hydrogen) atoms. The number of benzene rings is 1. The first-order valence-corrected chi connectivity index (χ1v) is 12.9. The zero-order chi connectivity index (χ0) is 22.1. The van der Waals surface area contributed by atoms with Gasteiger partial charge in [0, 0.05) is 31.7 Å². The molecule has 7 heteroatoms. The van der Waals surface area contributed by atoms with Crippen molar-refractivity contribution in [3.8, 4) is 0 Å². The maximum absolute atomic E-state index is 10.3. The molecule has 0 fully saturated rings. The van der Waals surface area contributed by atoms with Gasteiger partial charge in [-0.25, -0.2) is 0 Å². The Labute approximate surface area is 184 Å². The molecule has 0 aromatic heterocycles. The van der Waals surface area contributed by atoms with Crippen molar-refractivity contribution in [2.45, 2.75) is 71.1 Å². The summed E-state index contributed by atoms with van der Waals surface area (Å²) >= 11 is 0. The smallest absolute Gasteiger partial charge is 0.283 e. The molecule has 0 spiro atoms. The second-order valence-corrected chi connectivity index (χ2v) is 9.41. The topological polar surface area (TPSA) is 72.9 Å². The summed E-state index contributed by atoms with van der Waals surface area (Å²) < 4.78 is 29.0. The van der Waals surface area contributed by atoms with Crippen LogP contribution in [0.15, 0.2) is 42.7 Å². The van der Waals surface area contributed by atoms with E-state index in [1.54, 1.807) is 24.3 Å². The van der Waals surface area contributed by atoms with Gasteiger partial charge in [-0.05, 0) is 18.6 Å². The van der Waals surface area contributed by atoms with E-state index < -0.39 is 16.0 Å². The molecule has 0 saturated heterocycles. The van der Waals surface area contributed by atoms with Crippen LogP contribution in [0.5, 0.6) is 0 Å². The van der Waals surface area contributed by atoms with Crippen molar-refractivity contribution in [3.63, 3.8) is 0 Å². The molecular formula is C23H41N3O3S. The minimum Gasteiger partial charge on any atom is -0.370 e. The molecule has 0 amide bonds. The number of rotatable bonds is 14. The van der Waals surface area contributed by atoms with E-state index in [9.17, 15) is 8.42 Å². The fraction of sp³-hybridized carbons (Fsp3) is 0.652. The van der Waals surface area contributed by atoms with Crippen molar-refractivity contribution in [2.24, 2.45) is 0 Å². The molecule has 0 saturated carbocycles. The van der Waals surface area contributed by atoms with Crippen molar-refractivity contribution in [1.29, 1.82) is 0 Å². The largest absolute Gasteiger partial charge is 0.370 e. The molecule has 1 aliphatic rings. The summed E-state index contributed by atoms with van der Waals surface area (Å²) in [6, 6.07) is 8.79. The first-order valence-electron chi connectivity index (χ1n) is 11.3. The number of hydrogen-bond donors (Lipinski definition) is 2. The van der Waals surface area contributed by atoms with Gasteiger partial charge in [-0.3, -0.25) is 4.55 Å². The highest BCUT2D eigenvalue weighted by Crippen LogP contribution is 2.12. The van der Waals surface area contributed by atoms with Crippen molar-refractivity contribution in [1.82, 2.24) is 9.80 Å². The SMILES string of the molecule is CCCCCCCCCCCCN1C=CN(C)C1.O=S(=O)(O)CNc1ccccc1. The summed E-state index contributed by atoms with van der Waals surface area (Å²) in [5, 5.41) is 2.55. The normalized spacial score (nSPS) is 13.3. The Bertz CT molecular complexity index is 666. The lowest BCUT2D eigenvalue weighted by atomic mass is 10.1. The Morgan fingerprint density at radius 2 is 1.47 bits per heavy atom. The highest BCUT2D eigenvalue weighted by Gasteiger charge is 2.06. The molecule has 2 N–H and O–H groups in total. The van der Waals surface area contributed by atoms with Crippen LogP contribution < -0.4 is 5.32 Å². The lowest BCUT2D eigenvalue weighted by molar-refractivity contribution is 0.290. The average Bonchev–Trinajstić information content (AvgIpc) is 3.14. The first-order chi connectivity index (χ1) is 14.4. The van der Waals surface area contributed by atoms with Gasteiger partial charge in [0.2, 0.25) is 0 Å². The van der Waals surface area contributed by atoms with E-state index in [0.717, 1.165) is 6.67 Å². The van der Waals surface area contributed by atoms with Crippen molar-refractivity contribution in [3.05, 3.63) is 42.7 Å². The van der Waals surface area contributed by atoms with Crippen LogP contribution in [0.3, 0.4) is 0 Å². The summed E-state index contributed by atoms with van der Waals surface area (Å²) in [5.74, 6) is -0.461. The van der Waals surface area contributed by atoms with E-state index >= 15 is 0 Å². The second kappa shape index (κ2) is 16.0. The fourth-order valence-electron chi connectivity index (χ4n) is 3.27. The molecule has 6 nitrogen and oxygen atoms in total. The van der Waals surface area contributed by atoms with Crippen molar-refractivity contribution in [2.75, 3.05) is 31.5 Å². The third-order valence-corrected chi connectivity index (χ3v) is 5.48. The Kier molecular flexibility index (Phi) is 14.1. The van der Waals surface area contributed by atoms with Gasteiger partial charge in [-0.15, -0.1) is 0 Å². The molecule has 0 atom stereocenters. The highest BCUT2D eigenvalue weighted by atomic mass is 32.2. The third-order valence-electron chi connectivity index (χ3n) is 4.97. The lowest BCUT2D eigenvalue weighted by Crippen LogP contribution is -2.23. The van der Waals surface area contributed by atoms with Gasteiger partial charge in [0.1, 0.15) is 5.88 Å². The molecule has 0 radical (unpaired) electrons. The zero-order valence-electron chi connectivity index (χ0n) is 18.8. The Morgan fingerprint density at radius 3 is 1.97 bits per heavy atom. The van der Waals surface area contributed by atoms with E-state index in [0.29, 0.717) is 5.69 Å². The highest BCUT2D eigenvalue weighted by molar-refractivity contribution is 7.85. The molecule has 2 rings (SSSR count). The molecule has 1 heterocycles. The van der Waals surface area contributed by atoms with Crippen LogP contribution in [-0.2, 0) is 10.1 Å². The van der Waals surface area contributed by atoms with E-state index in [2.05, 4.69) is 41.5 Å². The summed E-state index contributed by atoms with van der Waals surface area (Å²) in [4.78, 5) is 4.64. The van der Waals surface area contributed by atoms with E-state index in [1.165, 1.54) is 70.8 Å². The minimum atomic E-state index is -3.93. The molecular weight excluding hydrogens is 398 g/mol. The molecule has 0 bridgehead atoms. The molecule has 1 aromatic rings. The number of unbranched alkanes of at least 4 members (excludes halogenated alkanes) is 9. The maximum atomic E-state index is 10.3. The number of anilines is 1. The zero-order valence-corrected chi connectivity index (χ0v) is 19.6. The molecule has 172 valence electrons. The van der Waals surface area contributed by atoms with Gasteiger partial charge < -0.3 is 15.1 Å². The van der Waals surface area contributed by atoms with Gasteiger partial charge in [-0.1, -0.05) is 82.9 Å². The fourth-order valence-corrected chi connectivity index (χ4v) is 3.62. The Hall–Kier alpha value is -1.73. The van der Waals surface area contributed by atoms with Gasteiger partial charge in [-0.2, -0.15) is 8.42 Å². The van der Waals surface area contributed by atoms with Crippen LogP contribution in [0.4, 0.5) is 5.69 Å². The molecule has 0 unspecified atom stereocenters. The van der Waals surface area contributed by atoms with Crippen molar-refractivity contribution < 1.29 is 13.0 Å².